The van der Waals surface area contributed by atoms with Crippen molar-refractivity contribution in [3.05, 3.63) is 35.4 Å². The highest BCUT2D eigenvalue weighted by Gasteiger charge is 2.22. The Morgan fingerprint density at radius 3 is 2.63 bits per heavy atom. The summed E-state index contributed by atoms with van der Waals surface area (Å²) in [6.07, 6.45) is 2.66. The number of amides is 1. The molecule has 27 heavy (non-hydrogen) atoms. The number of aryl methyl sites for hydroxylation is 1. The number of carbonyl (C=O) groups is 1. The van der Waals surface area contributed by atoms with Crippen molar-refractivity contribution in [1.82, 2.24) is 15.5 Å². The lowest BCUT2D eigenvalue weighted by molar-refractivity contribution is -0.127. The summed E-state index contributed by atoms with van der Waals surface area (Å²) < 4.78 is 0. The van der Waals surface area contributed by atoms with Crippen LogP contribution in [0.1, 0.15) is 51.2 Å². The topological polar surface area (TPSA) is 56.7 Å². The molecule has 6 heteroatoms. The molecule has 1 aromatic rings. The molecule has 152 valence electrons. The van der Waals surface area contributed by atoms with Gasteiger partial charge in [-0.3, -0.25) is 9.79 Å². The number of nitrogens with one attached hydrogen (secondary N) is 2. The fraction of sp³-hybridized carbons (Fsp3) is 0.619. The molecule has 0 aromatic heterocycles. The molecule has 0 atom stereocenters. The first kappa shape index (κ1) is 23.7. The van der Waals surface area contributed by atoms with Gasteiger partial charge in [-0.25, -0.2) is 0 Å². The van der Waals surface area contributed by atoms with Gasteiger partial charge in [-0.05, 0) is 37.8 Å². The maximum Gasteiger partial charge on any atom is 0.222 e. The number of likely N-dealkylation sites (tertiary alicyclic amines) is 1. The zero-order chi connectivity index (χ0) is 19.0. The monoisotopic (exact) mass is 486 g/mol. The largest absolute Gasteiger partial charge is 0.357 e. The van der Waals surface area contributed by atoms with E-state index in [-0.39, 0.29) is 29.4 Å². The fourth-order valence-corrected chi connectivity index (χ4v) is 3.45. The van der Waals surface area contributed by atoms with Gasteiger partial charge in [-0.2, -0.15) is 0 Å². The molecule has 1 heterocycles. The number of carbonyl (C=O) groups excluding carboxylic acids is 1. The zero-order valence-corrected chi connectivity index (χ0v) is 19.5. The van der Waals surface area contributed by atoms with Crippen LogP contribution in [0.3, 0.4) is 0 Å². The maximum atomic E-state index is 11.6. The first-order valence-corrected chi connectivity index (χ1v) is 9.80. The smallest absolute Gasteiger partial charge is 0.222 e. The van der Waals surface area contributed by atoms with Crippen LogP contribution in [-0.4, -0.2) is 49.5 Å². The van der Waals surface area contributed by atoms with Crippen molar-refractivity contribution in [2.45, 2.75) is 52.4 Å². The average Bonchev–Trinajstić information content (AvgIpc) is 3.01. The number of benzene rings is 1. The highest BCUT2D eigenvalue weighted by atomic mass is 127. The summed E-state index contributed by atoms with van der Waals surface area (Å²) in [7, 11) is 0. The highest BCUT2D eigenvalue weighted by Crippen LogP contribution is 2.26. The lowest BCUT2D eigenvalue weighted by atomic mass is 9.82. The molecule has 2 rings (SSSR count). The van der Waals surface area contributed by atoms with E-state index in [4.69, 9.17) is 4.99 Å². The molecule has 0 unspecified atom stereocenters. The van der Waals surface area contributed by atoms with E-state index < -0.39 is 0 Å². The number of aliphatic imine (C=N–C) groups is 1. The Labute approximate surface area is 181 Å². The number of hydrogen-bond donors (Lipinski definition) is 2. The molecule has 2 N–H and O–H groups in total. The molecule has 0 aliphatic carbocycles. The summed E-state index contributed by atoms with van der Waals surface area (Å²) in [5.41, 5.74) is 2.63. The fourth-order valence-electron chi connectivity index (χ4n) is 3.45. The molecule has 1 saturated heterocycles. The summed E-state index contributed by atoms with van der Waals surface area (Å²) in [5.74, 6) is 1.15. The summed E-state index contributed by atoms with van der Waals surface area (Å²) in [6.45, 7) is 12.8. The molecule has 1 amide bonds. The van der Waals surface area contributed by atoms with Crippen LogP contribution >= 0.6 is 24.0 Å². The van der Waals surface area contributed by atoms with Crippen LogP contribution in [-0.2, 0) is 10.2 Å². The normalized spacial score (nSPS) is 14.9. The van der Waals surface area contributed by atoms with E-state index >= 15 is 0 Å². The molecule has 0 spiro atoms. The van der Waals surface area contributed by atoms with E-state index in [0.29, 0.717) is 12.3 Å². The van der Waals surface area contributed by atoms with Gasteiger partial charge in [0, 0.05) is 38.0 Å². The first-order valence-electron chi connectivity index (χ1n) is 9.80. The van der Waals surface area contributed by atoms with Crippen LogP contribution in [0.5, 0.6) is 0 Å². The summed E-state index contributed by atoms with van der Waals surface area (Å²) in [4.78, 5) is 18.4. The standard InChI is InChI=1S/C21H34N4O.HI/c1-5-22-20(23-13-9-15-25-14-8-12-19(25)26)24-16-21(3,4)18-11-7-6-10-17(18)2;/h6-7,10-11H,5,8-9,12-16H2,1-4H3,(H2,22,23,24);1H. The van der Waals surface area contributed by atoms with Gasteiger partial charge in [0.1, 0.15) is 0 Å². The van der Waals surface area contributed by atoms with Crippen LogP contribution in [0.4, 0.5) is 0 Å². The van der Waals surface area contributed by atoms with Crippen LogP contribution in [0.15, 0.2) is 29.3 Å². The minimum Gasteiger partial charge on any atom is -0.357 e. The van der Waals surface area contributed by atoms with Crippen LogP contribution in [0, 0.1) is 6.92 Å². The quantitative estimate of drug-likeness (QED) is 0.256. The van der Waals surface area contributed by atoms with Gasteiger partial charge in [0.25, 0.3) is 0 Å². The lowest BCUT2D eigenvalue weighted by Gasteiger charge is -2.26. The summed E-state index contributed by atoms with van der Waals surface area (Å²) in [5, 5.41) is 6.72. The molecule has 5 nitrogen and oxygen atoms in total. The molecule has 0 radical (unpaired) electrons. The van der Waals surface area contributed by atoms with Gasteiger partial charge < -0.3 is 15.5 Å². The van der Waals surface area contributed by atoms with Crippen molar-refractivity contribution >= 4 is 35.8 Å². The Morgan fingerprint density at radius 2 is 2.00 bits per heavy atom. The average molecular weight is 486 g/mol. The van der Waals surface area contributed by atoms with Gasteiger partial charge in [-0.15, -0.1) is 24.0 Å². The predicted octanol–water partition coefficient (Wildman–Crippen LogP) is 3.46. The van der Waals surface area contributed by atoms with E-state index in [2.05, 4.69) is 62.6 Å². The molecular formula is C21H35IN4O. The van der Waals surface area contributed by atoms with E-state index in [1.165, 1.54) is 11.1 Å². The number of halogens is 1. The lowest BCUT2D eigenvalue weighted by Crippen LogP contribution is -2.40. The van der Waals surface area contributed by atoms with Crippen molar-refractivity contribution in [3.8, 4) is 0 Å². The third kappa shape index (κ3) is 7.31. The molecule has 1 aliphatic heterocycles. The van der Waals surface area contributed by atoms with Crippen molar-refractivity contribution < 1.29 is 4.79 Å². The second-order valence-electron chi connectivity index (χ2n) is 7.66. The molecule has 1 aromatic carbocycles. The van der Waals surface area contributed by atoms with Crippen molar-refractivity contribution in [2.75, 3.05) is 32.7 Å². The Morgan fingerprint density at radius 1 is 1.26 bits per heavy atom. The van der Waals surface area contributed by atoms with Gasteiger partial charge in [0.2, 0.25) is 5.91 Å². The molecule has 1 fully saturated rings. The van der Waals surface area contributed by atoms with Crippen LogP contribution in [0.2, 0.25) is 0 Å². The summed E-state index contributed by atoms with van der Waals surface area (Å²) >= 11 is 0. The van der Waals surface area contributed by atoms with Crippen molar-refractivity contribution in [1.29, 1.82) is 0 Å². The minimum atomic E-state index is -0.0182. The number of nitrogens with zero attached hydrogens (tertiary/aromatic N) is 2. The maximum absolute atomic E-state index is 11.6. The van der Waals surface area contributed by atoms with Crippen molar-refractivity contribution in [3.63, 3.8) is 0 Å². The number of guanidine groups is 1. The Hall–Kier alpha value is -1.31. The Balaban J connectivity index is 0.00000364. The number of hydrogen-bond acceptors (Lipinski definition) is 2. The summed E-state index contributed by atoms with van der Waals surface area (Å²) in [6, 6.07) is 8.52. The molecular weight excluding hydrogens is 451 g/mol. The Kier molecular flexibility index (Phi) is 10.1. The second kappa shape index (κ2) is 11.5. The third-order valence-corrected chi connectivity index (χ3v) is 4.92. The first-order chi connectivity index (χ1) is 12.4. The zero-order valence-electron chi connectivity index (χ0n) is 17.2. The van der Waals surface area contributed by atoms with Crippen LogP contribution < -0.4 is 10.6 Å². The molecule has 1 aliphatic rings. The third-order valence-electron chi connectivity index (χ3n) is 4.92. The second-order valence-corrected chi connectivity index (χ2v) is 7.66. The van der Waals surface area contributed by atoms with E-state index in [0.717, 1.165) is 51.5 Å². The predicted molar refractivity (Wildman–Crippen MR) is 124 cm³/mol. The van der Waals surface area contributed by atoms with Crippen LogP contribution in [0.25, 0.3) is 0 Å². The van der Waals surface area contributed by atoms with E-state index in [1.54, 1.807) is 0 Å². The Bertz CT molecular complexity index is 630. The molecule has 0 saturated carbocycles. The van der Waals surface area contributed by atoms with E-state index in [9.17, 15) is 4.79 Å². The number of rotatable bonds is 8. The van der Waals surface area contributed by atoms with Gasteiger partial charge in [0.15, 0.2) is 5.96 Å². The SMILES string of the molecule is CCNC(=NCC(C)(C)c1ccccc1C)NCCCN1CCCC1=O.I. The minimum absolute atomic E-state index is 0. The highest BCUT2D eigenvalue weighted by molar-refractivity contribution is 14.0. The van der Waals surface area contributed by atoms with Gasteiger partial charge >= 0.3 is 0 Å². The van der Waals surface area contributed by atoms with Gasteiger partial charge in [-0.1, -0.05) is 38.1 Å². The van der Waals surface area contributed by atoms with Gasteiger partial charge in [0.05, 0.1) is 6.54 Å². The van der Waals surface area contributed by atoms with E-state index in [1.807, 2.05) is 4.90 Å². The van der Waals surface area contributed by atoms with Crippen molar-refractivity contribution in [2.24, 2.45) is 4.99 Å². The molecule has 0 bridgehead atoms.